The number of benzene rings is 2. The number of anilines is 1. The van der Waals surface area contributed by atoms with Crippen LogP contribution in [0.4, 0.5) is 5.69 Å². The number of halogens is 1. The van der Waals surface area contributed by atoms with Gasteiger partial charge in [0.05, 0.1) is 48.6 Å². The summed E-state index contributed by atoms with van der Waals surface area (Å²) in [6.07, 6.45) is 1.85. The van der Waals surface area contributed by atoms with Crippen molar-refractivity contribution in [3.63, 3.8) is 0 Å². The van der Waals surface area contributed by atoms with Crippen LogP contribution >= 0.6 is 11.6 Å². The second-order valence-electron chi connectivity index (χ2n) is 7.15. The molecule has 0 spiro atoms. The quantitative estimate of drug-likeness (QED) is 0.458. The summed E-state index contributed by atoms with van der Waals surface area (Å²) in [5.74, 6) is -1.42. The van der Waals surface area contributed by atoms with E-state index in [0.717, 1.165) is 11.1 Å². The molecule has 1 aromatic heterocycles. The molecular formula is C23H18ClN3O4. The Kier molecular flexibility index (Phi) is 5.49. The zero-order valence-corrected chi connectivity index (χ0v) is 17.6. The summed E-state index contributed by atoms with van der Waals surface area (Å²) in [5, 5.41) is 10.4. The number of amides is 1. The first-order valence-corrected chi connectivity index (χ1v) is 9.88. The number of nitriles is 1. The normalized spacial score (nSPS) is 15.4. The number of nitrogens with zero attached hydrogens (tertiary/aromatic N) is 3. The molecule has 156 valence electrons. The SMILES string of the molecule is COC(=O)C1Cc2cnc3ccc(C#N)cc3c2N(Cc2ccc(OC)c(Cl)c2)C1=O. The fourth-order valence-corrected chi connectivity index (χ4v) is 4.12. The van der Waals surface area contributed by atoms with Crippen molar-refractivity contribution in [2.24, 2.45) is 5.92 Å². The van der Waals surface area contributed by atoms with Gasteiger partial charge in [-0.05, 0) is 47.9 Å². The highest BCUT2D eigenvalue weighted by atomic mass is 35.5. The van der Waals surface area contributed by atoms with Crippen molar-refractivity contribution < 1.29 is 19.1 Å². The van der Waals surface area contributed by atoms with Gasteiger partial charge >= 0.3 is 5.97 Å². The number of ether oxygens (including phenoxy) is 2. The van der Waals surface area contributed by atoms with Crippen LogP contribution in [0.3, 0.4) is 0 Å². The van der Waals surface area contributed by atoms with Crippen LogP contribution in [-0.4, -0.2) is 31.1 Å². The average molecular weight is 436 g/mol. The Bertz CT molecular complexity index is 1250. The first-order valence-electron chi connectivity index (χ1n) is 9.50. The van der Waals surface area contributed by atoms with Gasteiger partial charge in [0.25, 0.3) is 0 Å². The Morgan fingerprint density at radius 2 is 2.10 bits per heavy atom. The number of carbonyl (C=O) groups is 2. The molecule has 2 heterocycles. The Hall–Kier alpha value is -3.63. The Morgan fingerprint density at radius 3 is 2.77 bits per heavy atom. The summed E-state index contributed by atoms with van der Waals surface area (Å²) in [6, 6.07) is 12.5. The maximum Gasteiger partial charge on any atom is 0.318 e. The third-order valence-electron chi connectivity index (χ3n) is 5.35. The molecule has 1 aliphatic rings. The Labute approximate surface area is 183 Å². The second-order valence-corrected chi connectivity index (χ2v) is 7.56. The highest BCUT2D eigenvalue weighted by Gasteiger charge is 2.39. The fraction of sp³-hybridized carbons (Fsp3) is 0.217. The number of esters is 1. The highest BCUT2D eigenvalue weighted by Crippen LogP contribution is 2.38. The van der Waals surface area contributed by atoms with Gasteiger partial charge in [-0.1, -0.05) is 17.7 Å². The number of hydrogen-bond acceptors (Lipinski definition) is 6. The molecule has 0 aliphatic carbocycles. The Balaban J connectivity index is 1.88. The van der Waals surface area contributed by atoms with Crippen LogP contribution in [0, 0.1) is 17.2 Å². The van der Waals surface area contributed by atoms with E-state index < -0.39 is 11.9 Å². The van der Waals surface area contributed by atoms with Crippen LogP contribution in [-0.2, 0) is 27.3 Å². The second kappa shape index (κ2) is 8.25. The topological polar surface area (TPSA) is 92.5 Å². The highest BCUT2D eigenvalue weighted by molar-refractivity contribution is 6.32. The molecule has 0 fully saturated rings. The van der Waals surface area contributed by atoms with E-state index in [-0.39, 0.29) is 18.9 Å². The zero-order chi connectivity index (χ0) is 22.1. The van der Waals surface area contributed by atoms with Gasteiger partial charge in [0.2, 0.25) is 5.91 Å². The number of pyridine rings is 1. The van der Waals surface area contributed by atoms with Crippen LogP contribution in [0.2, 0.25) is 5.02 Å². The molecule has 0 radical (unpaired) electrons. The van der Waals surface area contributed by atoms with E-state index in [1.807, 2.05) is 6.07 Å². The summed E-state index contributed by atoms with van der Waals surface area (Å²) in [5.41, 5.74) is 3.24. The predicted molar refractivity (Wildman–Crippen MR) is 115 cm³/mol. The van der Waals surface area contributed by atoms with Crippen molar-refractivity contribution in [3.8, 4) is 11.8 Å². The molecule has 7 nitrogen and oxygen atoms in total. The maximum atomic E-state index is 13.4. The van der Waals surface area contributed by atoms with Crippen molar-refractivity contribution in [2.45, 2.75) is 13.0 Å². The molecule has 1 unspecified atom stereocenters. The minimum absolute atomic E-state index is 0.180. The summed E-state index contributed by atoms with van der Waals surface area (Å²) < 4.78 is 10.1. The molecule has 0 saturated carbocycles. The Morgan fingerprint density at radius 1 is 1.29 bits per heavy atom. The number of fused-ring (bicyclic) bond motifs is 3. The van der Waals surface area contributed by atoms with E-state index in [4.69, 9.17) is 21.1 Å². The van der Waals surface area contributed by atoms with Crippen LogP contribution in [0.1, 0.15) is 16.7 Å². The molecule has 31 heavy (non-hydrogen) atoms. The van der Waals surface area contributed by atoms with Crippen molar-refractivity contribution >= 4 is 40.1 Å². The van der Waals surface area contributed by atoms with Gasteiger partial charge in [-0.15, -0.1) is 0 Å². The van der Waals surface area contributed by atoms with E-state index >= 15 is 0 Å². The summed E-state index contributed by atoms with van der Waals surface area (Å²) >= 11 is 6.27. The standard InChI is InChI=1S/C23H18ClN3O4/c1-30-20-6-4-14(8-18(20)24)12-27-21-15(9-17(22(27)28)23(29)31-2)11-26-19-5-3-13(10-25)7-16(19)21/h3-8,11,17H,9,12H2,1-2H3. The number of carbonyl (C=O) groups excluding carboxylic acids is 2. The minimum Gasteiger partial charge on any atom is -0.495 e. The van der Waals surface area contributed by atoms with Gasteiger partial charge in [-0.3, -0.25) is 14.6 Å². The van der Waals surface area contributed by atoms with Crippen LogP contribution in [0.15, 0.2) is 42.6 Å². The third kappa shape index (κ3) is 3.66. The molecule has 8 heteroatoms. The van der Waals surface area contributed by atoms with Crippen molar-refractivity contribution in [2.75, 3.05) is 19.1 Å². The number of aromatic nitrogens is 1. The molecule has 1 atom stereocenters. The molecule has 0 N–H and O–H groups in total. The van der Waals surface area contributed by atoms with Gasteiger partial charge in [0, 0.05) is 11.6 Å². The minimum atomic E-state index is -0.968. The van der Waals surface area contributed by atoms with Crippen LogP contribution < -0.4 is 9.64 Å². The molecule has 1 aliphatic heterocycles. The third-order valence-corrected chi connectivity index (χ3v) is 5.64. The predicted octanol–water partition coefficient (Wildman–Crippen LogP) is 3.65. The molecule has 3 aromatic rings. The average Bonchev–Trinajstić information content (AvgIpc) is 2.79. The van der Waals surface area contributed by atoms with Gasteiger partial charge in [0.15, 0.2) is 0 Å². The lowest BCUT2D eigenvalue weighted by molar-refractivity contribution is -0.149. The first kappa shape index (κ1) is 20.6. The van der Waals surface area contributed by atoms with Gasteiger partial charge in [-0.2, -0.15) is 5.26 Å². The van der Waals surface area contributed by atoms with E-state index in [2.05, 4.69) is 11.1 Å². The fourth-order valence-electron chi connectivity index (χ4n) is 3.84. The van der Waals surface area contributed by atoms with Crippen molar-refractivity contribution in [1.82, 2.24) is 4.98 Å². The summed E-state index contributed by atoms with van der Waals surface area (Å²) in [6.45, 7) is 0.180. The largest absolute Gasteiger partial charge is 0.495 e. The van der Waals surface area contributed by atoms with E-state index in [0.29, 0.717) is 32.9 Å². The maximum absolute atomic E-state index is 13.4. The van der Waals surface area contributed by atoms with E-state index in [9.17, 15) is 14.9 Å². The first-order chi connectivity index (χ1) is 15.0. The molecule has 4 rings (SSSR count). The molecule has 1 amide bonds. The van der Waals surface area contributed by atoms with Gasteiger partial charge in [-0.25, -0.2) is 0 Å². The zero-order valence-electron chi connectivity index (χ0n) is 16.9. The molecular weight excluding hydrogens is 418 g/mol. The molecule has 0 saturated heterocycles. The van der Waals surface area contributed by atoms with Crippen molar-refractivity contribution in [1.29, 1.82) is 5.26 Å². The van der Waals surface area contributed by atoms with E-state index in [1.165, 1.54) is 14.2 Å². The lowest BCUT2D eigenvalue weighted by Gasteiger charge is -2.34. The summed E-state index contributed by atoms with van der Waals surface area (Å²) in [4.78, 5) is 31.7. The number of rotatable bonds is 4. The molecule has 0 bridgehead atoms. The smallest absolute Gasteiger partial charge is 0.318 e. The lowest BCUT2D eigenvalue weighted by Crippen LogP contribution is -2.44. The molecule has 2 aromatic carbocycles. The van der Waals surface area contributed by atoms with Crippen molar-refractivity contribution in [3.05, 3.63) is 64.3 Å². The lowest BCUT2D eigenvalue weighted by atomic mass is 9.90. The van der Waals surface area contributed by atoms with Crippen LogP contribution in [0.5, 0.6) is 5.75 Å². The number of hydrogen-bond donors (Lipinski definition) is 0. The van der Waals surface area contributed by atoms with Gasteiger partial charge < -0.3 is 14.4 Å². The van der Waals surface area contributed by atoms with E-state index in [1.54, 1.807) is 41.4 Å². The monoisotopic (exact) mass is 435 g/mol. The van der Waals surface area contributed by atoms with Crippen LogP contribution in [0.25, 0.3) is 10.9 Å². The van der Waals surface area contributed by atoms with Gasteiger partial charge in [0.1, 0.15) is 11.7 Å². The summed E-state index contributed by atoms with van der Waals surface area (Å²) in [7, 11) is 2.79. The number of methoxy groups -OCH3 is 2.